The van der Waals surface area contributed by atoms with Gasteiger partial charge in [0.2, 0.25) is 21.8 Å². The third-order valence-electron chi connectivity index (χ3n) is 3.69. The fourth-order valence-corrected chi connectivity index (χ4v) is 3.37. The van der Waals surface area contributed by atoms with Crippen LogP contribution in [-0.4, -0.2) is 25.2 Å². The fraction of sp³-hybridized carbons (Fsp3) is 0.222. The maximum Gasteiger partial charge on any atom is 0.247 e. The highest BCUT2D eigenvalue weighted by atomic mass is 32.2. The van der Waals surface area contributed by atoms with Crippen molar-refractivity contribution in [2.24, 2.45) is 0 Å². The van der Waals surface area contributed by atoms with Crippen LogP contribution in [0, 0.1) is 13.8 Å². The van der Waals surface area contributed by atoms with Crippen LogP contribution in [0.15, 0.2) is 57.8 Å². The van der Waals surface area contributed by atoms with E-state index in [0.717, 1.165) is 16.7 Å². The lowest BCUT2D eigenvalue weighted by molar-refractivity contribution is 0.502. The topological polar surface area (TPSA) is 85.1 Å². The first kappa shape index (κ1) is 17.3. The number of hydrogen-bond donors (Lipinski definition) is 1. The second kappa shape index (κ2) is 7.16. The van der Waals surface area contributed by atoms with Gasteiger partial charge in [-0.3, -0.25) is 0 Å². The van der Waals surface area contributed by atoms with Gasteiger partial charge in [0.15, 0.2) is 0 Å². The lowest BCUT2D eigenvalue weighted by atomic mass is 10.1. The van der Waals surface area contributed by atoms with Gasteiger partial charge in [0.05, 0.1) is 4.90 Å². The van der Waals surface area contributed by atoms with Gasteiger partial charge in [-0.05, 0) is 38.1 Å². The molecule has 130 valence electrons. The fourth-order valence-electron chi connectivity index (χ4n) is 2.34. The molecule has 0 aliphatic rings. The van der Waals surface area contributed by atoms with E-state index in [1.165, 1.54) is 0 Å². The van der Waals surface area contributed by atoms with Crippen molar-refractivity contribution in [1.82, 2.24) is 14.9 Å². The molecule has 0 atom stereocenters. The molecule has 0 aliphatic heterocycles. The molecule has 3 rings (SSSR count). The number of sulfonamides is 1. The van der Waals surface area contributed by atoms with Gasteiger partial charge in [-0.2, -0.15) is 0 Å². The van der Waals surface area contributed by atoms with Gasteiger partial charge < -0.3 is 4.42 Å². The van der Waals surface area contributed by atoms with Gasteiger partial charge in [-0.25, -0.2) is 13.1 Å². The Bertz CT molecular complexity index is 963. The third kappa shape index (κ3) is 4.32. The van der Waals surface area contributed by atoms with E-state index in [1.54, 1.807) is 24.3 Å². The van der Waals surface area contributed by atoms with E-state index in [0.29, 0.717) is 18.2 Å². The minimum absolute atomic E-state index is 0.186. The van der Waals surface area contributed by atoms with E-state index < -0.39 is 10.0 Å². The molecule has 0 radical (unpaired) electrons. The summed E-state index contributed by atoms with van der Waals surface area (Å²) in [4.78, 5) is 0.240. The number of nitrogens with one attached hydrogen (secondary N) is 1. The standard InChI is InChI=1S/C18H19N3O3S/c1-13-6-8-16(9-7-13)25(22,23)19-11-10-17-20-21-18(24-17)15-5-3-4-14(2)12-15/h3-9,12,19H,10-11H2,1-2H3. The zero-order valence-corrected chi connectivity index (χ0v) is 14.9. The lowest BCUT2D eigenvalue weighted by Crippen LogP contribution is -2.26. The molecule has 0 saturated heterocycles. The zero-order chi connectivity index (χ0) is 17.9. The second-order valence-electron chi connectivity index (χ2n) is 5.83. The molecule has 7 heteroatoms. The highest BCUT2D eigenvalue weighted by molar-refractivity contribution is 7.89. The Morgan fingerprint density at radius 2 is 1.76 bits per heavy atom. The number of nitrogens with zero attached hydrogens (tertiary/aromatic N) is 2. The average molecular weight is 357 g/mol. The smallest absolute Gasteiger partial charge is 0.247 e. The molecule has 0 saturated carbocycles. The molecule has 0 fully saturated rings. The molecule has 3 aromatic rings. The molecular formula is C18H19N3O3S. The molecule has 2 aromatic carbocycles. The Hall–Kier alpha value is -2.51. The van der Waals surface area contributed by atoms with Crippen LogP contribution in [0.25, 0.3) is 11.5 Å². The minimum Gasteiger partial charge on any atom is -0.421 e. The predicted molar refractivity (Wildman–Crippen MR) is 94.5 cm³/mol. The molecule has 1 aromatic heterocycles. The van der Waals surface area contributed by atoms with Crippen LogP contribution in [0.1, 0.15) is 17.0 Å². The summed E-state index contributed by atoms with van der Waals surface area (Å²) in [7, 11) is -3.54. The zero-order valence-electron chi connectivity index (χ0n) is 14.1. The van der Waals surface area contributed by atoms with Gasteiger partial charge >= 0.3 is 0 Å². The summed E-state index contributed by atoms with van der Waals surface area (Å²) < 4.78 is 32.6. The molecule has 1 heterocycles. The van der Waals surface area contributed by atoms with Gasteiger partial charge in [0.25, 0.3) is 0 Å². The Kier molecular flexibility index (Phi) is 4.96. The summed E-state index contributed by atoms with van der Waals surface area (Å²) in [5, 5.41) is 7.99. The van der Waals surface area contributed by atoms with Crippen LogP contribution in [0.4, 0.5) is 0 Å². The first-order chi connectivity index (χ1) is 11.9. The van der Waals surface area contributed by atoms with Crippen molar-refractivity contribution in [3.05, 3.63) is 65.5 Å². The third-order valence-corrected chi connectivity index (χ3v) is 5.17. The Morgan fingerprint density at radius 3 is 2.48 bits per heavy atom. The number of rotatable bonds is 6. The van der Waals surface area contributed by atoms with Crippen molar-refractivity contribution in [1.29, 1.82) is 0 Å². The van der Waals surface area contributed by atoms with Crippen LogP contribution < -0.4 is 4.72 Å². The maximum absolute atomic E-state index is 12.2. The number of aryl methyl sites for hydroxylation is 2. The number of aromatic nitrogens is 2. The number of hydrogen-bond acceptors (Lipinski definition) is 5. The molecule has 0 unspecified atom stereocenters. The normalized spacial score (nSPS) is 11.6. The van der Waals surface area contributed by atoms with E-state index in [-0.39, 0.29) is 11.4 Å². The molecule has 6 nitrogen and oxygen atoms in total. The lowest BCUT2D eigenvalue weighted by Gasteiger charge is -2.05. The van der Waals surface area contributed by atoms with E-state index in [4.69, 9.17) is 4.42 Å². The Labute approximate surface area is 147 Å². The van der Waals surface area contributed by atoms with Gasteiger partial charge in [0, 0.05) is 18.5 Å². The van der Waals surface area contributed by atoms with Crippen LogP contribution in [0.3, 0.4) is 0 Å². The van der Waals surface area contributed by atoms with E-state index in [1.807, 2.05) is 38.1 Å². The molecule has 0 spiro atoms. The summed E-state index contributed by atoms with van der Waals surface area (Å²) >= 11 is 0. The van der Waals surface area contributed by atoms with Gasteiger partial charge in [-0.1, -0.05) is 35.4 Å². The summed E-state index contributed by atoms with van der Waals surface area (Å²) in [5.41, 5.74) is 2.95. The predicted octanol–water partition coefficient (Wildman–Crippen LogP) is 2.87. The molecule has 1 N–H and O–H groups in total. The highest BCUT2D eigenvalue weighted by Gasteiger charge is 2.14. The molecule has 0 amide bonds. The van der Waals surface area contributed by atoms with Gasteiger partial charge in [0.1, 0.15) is 0 Å². The van der Waals surface area contributed by atoms with E-state index >= 15 is 0 Å². The van der Waals surface area contributed by atoms with E-state index in [2.05, 4.69) is 14.9 Å². The Balaban J connectivity index is 1.62. The second-order valence-corrected chi connectivity index (χ2v) is 7.60. The first-order valence-corrected chi connectivity index (χ1v) is 9.38. The first-order valence-electron chi connectivity index (χ1n) is 7.90. The van der Waals surface area contributed by atoms with Crippen LogP contribution in [0.2, 0.25) is 0 Å². The van der Waals surface area contributed by atoms with Crippen LogP contribution in [-0.2, 0) is 16.4 Å². The summed E-state index contributed by atoms with van der Waals surface area (Å²) in [6.45, 7) is 4.08. The van der Waals surface area contributed by atoms with Crippen LogP contribution in [0.5, 0.6) is 0 Å². The van der Waals surface area contributed by atoms with Crippen molar-refractivity contribution in [3.63, 3.8) is 0 Å². The van der Waals surface area contributed by atoms with Crippen molar-refractivity contribution < 1.29 is 12.8 Å². The van der Waals surface area contributed by atoms with E-state index in [9.17, 15) is 8.42 Å². The SMILES string of the molecule is Cc1ccc(S(=O)(=O)NCCc2nnc(-c3cccc(C)c3)o2)cc1. The van der Waals surface area contributed by atoms with Crippen molar-refractivity contribution >= 4 is 10.0 Å². The van der Waals surface area contributed by atoms with Crippen molar-refractivity contribution in [2.45, 2.75) is 25.2 Å². The maximum atomic E-state index is 12.2. The Morgan fingerprint density at radius 1 is 1.00 bits per heavy atom. The van der Waals surface area contributed by atoms with Gasteiger partial charge in [-0.15, -0.1) is 10.2 Å². The minimum atomic E-state index is -3.54. The summed E-state index contributed by atoms with van der Waals surface area (Å²) in [5.74, 6) is 0.822. The van der Waals surface area contributed by atoms with Crippen molar-refractivity contribution in [3.8, 4) is 11.5 Å². The average Bonchev–Trinajstić information content (AvgIpc) is 3.04. The molecule has 25 heavy (non-hydrogen) atoms. The van der Waals surface area contributed by atoms with Crippen molar-refractivity contribution in [2.75, 3.05) is 6.54 Å². The largest absolute Gasteiger partial charge is 0.421 e. The summed E-state index contributed by atoms with van der Waals surface area (Å²) in [6, 6.07) is 14.5. The highest BCUT2D eigenvalue weighted by Crippen LogP contribution is 2.19. The number of benzene rings is 2. The monoisotopic (exact) mass is 357 g/mol. The van der Waals surface area contributed by atoms with Crippen LogP contribution >= 0.6 is 0 Å². The quantitative estimate of drug-likeness (QED) is 0.733. The molecular weight excluding hydrogens is 338 g/mol. The molecule has 0 aliphatic carbocycles. The summed E-state index contributed by atoms with van der Waals surface area (Å²) in [6.07, 6.45) is 0.323. The molecule has 0 bridgehead atoms.